The molecule has 17 heavy (non-hydrogen) atoms. The zero-order chi connectivity index (χ0) is 12.7. The molecule has 0 spiro atoms. The zero-order valence-electron chi connectivity index (χ0n) is 9.68. The SMILES string of the molecule is COCC(Cl)CCNCc1ccc(F)cc1Cl. The monoisotopic (exact) mass is 279 g/mol. The molecule has 0 saturated heterocycles. The Bertz CT molecular complexity index is 349. The van der Waals surface area contributed by atoms with Gasteiger partial charge in [0.2, 0.25) is 0 Å². The quantitative estimate of drug-likeness (QED) is 0.611. The van der Waals surface area contributed by atoms with Crippen molar-refractivity contribution in [1.29, 1.82) is 0 Å². The van der Waals surface area contributed by atoms with E-state index in [0.717, 1.165) is 18.5 Å². The van der Waals surface area contributed by atoms with Crippen molar-refractivity contribution in [3.8, 4) is 0 Å². The number of nitrogens with one attached hydrogen (secondary N) is 1. The maximum atomic E-state index is 12.8. The van der Waals surface area contributed by atoms with Gasteiger partial charge in [-0.25, -0.2) is 4.39 Å². The molecule has 0 radical (unpaired) electrons. The Morgan fingerprint density at radius 1 is 1.47 bits per heavy atom. The average molecular weight is 280 g/mol. The summed E-state index contributed by atoms with van der Waals surface area (Å²) in [6, 6.07) is 4.39. The molecule has 0 amide bonds. The molecule has 1 N–H and O–H groups in total. The van der Waals surface area contributed by atoms with Crippen molar-refractivity contribution in [3.63, 3.8) is 0 Å². The normalized spacial score (nSPS) is 12.7. The first-order chi connectivity index (χ1) is 8.13. The van der Waals surface area contributed by atoms with E-state index in [1.807, 2.05) is 0 Å². The van der Waals surface area contributed by atoms with E-state index in [4.69, 9.17) is 27.9 Å². The fourth-order valence-corrected chi connectivity index (χ4v) is 1.88. The molecule has 0 aromatic heterocycles. The molecule has 2 nitrogen and oxygen atoms in total. The summed E-state index contributed by atoms with van der Waals surface area (Å²) >= 11 is 11.9. The van der Waals surface area contributed by atoms with E-state index in [0.29, 0.717) is 18.2 Å². The summed E-state index contributed by atoms with van der Waals surface area (Å²) in [5, 5.41) is 3.66. The van der Waals surface area contributed by atoms with Gasteiger partial charge < -0.3 is 10.1 Å². The van der Waals surface area contributed by atoms with Gasteiger partial charge in [-0.1, -0.05) is 17.7 Å². The lowest BCUT2D eigenvalue weighted by molar-refractivity contribution is 0.195. The van der Waals surface area contributed by atoms with Crippen LogP contribution < -0.4 is 5.32 Å². The molecule has 0 bridgehead atoms. The van der Waals surface area contributed by atoms with Crippen LogP contribution in [-0.2, 0) is 11.3 Å². The second kappa shape index (κ2) is 7.88. The van der Waals surface area contributed by atoms with E-state index in [1.165, 1.54) is 12.1 Å². The first kappa shape index (κ1) is 14.7. The van der Waals surface area contributed by atoms with Crippen LogP contribution in [0.25, 0.3) is 0 Å². The third-order valence-electron chi connectivity index (χ3n) is 2.31. The van der Waals surface area contributed by atoms with Crippen LogP contribution in [0.4, 0.5) is 4.39 Å². The number of methoxy groups -OCH3 is 1. The van der Waals surface area contributed by atoms with Crippen molar-refractivity contribution in [1.82, 2.24) is 5.32 Å². The summed E-state index contributed by atoms with van der Waals surface area (Å²) in [4.78, 5) is 0. The molecule has 0 heterocycles. The standard InChI is InChI=1S/C12H16Cl2FNO/c1-17-8-10(13)4-5-16-7-9-2-3-11(15)6-12(9)14/h2-3,6,10,16H,4-5,7-8H2,1H3. The van der Waals surface area contributed by atoms with Gasteiger partial charge in [0.1, 0.15) is 5.82 Å². The minimum absolute atomic E-state index is 0.0104. The van der Waals surface area contributed by atoms with Gasteiger partial charge in [0.25, 0.3) is 0 Å². The highest BCUT2D eigenvalue weighted by Crippen LogP contribution is 2.16. The van der Waals surface area contributed by atoms with Crippen LogP contribution in [-0.4, -0.2) is 25.6 Å². The van der Waals surface area contributed by atoms with Gasteiger partial charge in [0.15, 0.2) is 0 Å². The number of hydrogen-bond donors (Lipinski definition) is 1. The van der Waals surface area contributed by atoms with Crippen LogP contribution in [0.15, 0.2) is 18.2 Å². The number of benzene rings is 1. The van der Waals surface area contributed by atoms with Crippen LogP contribution >= 0.6 is 23.2 Å². The molecule has 1 atom stereocenters. The number of alkyl halides is 1. The van der Waals surface area contributed by atoms with Crippen LogP contribution in [0.5, 0.6) is 0 Å². The van der Waals surface area contributed by atoms with Crippen LogP contribution in [0.3, 0.4) is 0 Å². The average Bonchev–Trinajstić information content (AvgIpc) is 2.27. The maximum absolute atomic E-state index is 12.8. The molecule has 0 aliphatic carbocycles. The number of rotatable bonds is 7. The predicted molar refractivity (Wildman–Crippen MR) is 69.3 cm³/mol. The molecule has 0 fully saturated rings. The van der Waals surface area contributed by atoms with Gasteiger partial charge in [-0.05, 0) is 30.7 Å². The maximum Gasteiger partial charge on any atom is 0.124 e. The van der Waals surface area contributed by atoms with Crippen molar-refractivity contribution in [2.75, 3.05) is 20.3 Å². The molecule has 0 aliphatic heterocycles. The van der Waals surface area contributed by atoms with Crippen LogP contribution in [0.1, 0.15) is 12.0 Å². The summed E-state index contributed by atoms with van der Waals surface area (Å²) in [5.74, 6) is -0.320. The smallest absolute Gasteiger partial charge is 0.124 e. The van der Waals surface area contributed by atoms with Crippen molar-refractivity contribution in [3.05, 3.63) is 34.6 Å². The lowest BCUT2D eigenvalue weighted by Gasteiger charge is -2.10. The Labute approximate surface area is 111 Å². The second-order valence-corrected chi connectivity index (χ2v) is 4.78. The third-order valence-corrected chi connectivity index (χ3v) is 3.01. The number of hydrogen-bond acceptors (Lipinski definition) is 2. The summed E-state index contributed by atoms with van der Waals surface area (Å²) in [5.41, 5.74) is 0.880. The minimum Gasteiger partial charge on any atom is -0.383 e. The lowest BCUT2D eigenvalue weighted by Crippen LogP contribution is -2.20. The fourth-order valence-electron chi connectivity index (χ4n) is 1.41. The highest BCUT2D eigenvalue weighted by Gasteiger charge is 2.04. The van der Waals surface area contributed by atoms with E-state index in [1.54, 1.807) is 13.2 Å². The second-order valence-electron chi connectivity index (χ2n) is 3.75. The summed E-state index contributed by atoms with van der Waals surface area (Å²) in [6.07, 6.45) is 0.814. The van der Waals surface area contributed by atoms with Gasteiger partial charge >= 0.3 is 0 Å². The topological polar surface area (TPSA) is 21.3 Å². The van der Waals surface area contributed by atoms with E-state index in [-0.39, 0.29) is 11.2 Å². The summed E-state index contributed by atoms with van der Waals surface area (Å²) < 4.78 is 17.7. The van der Waals surface area contributed by atoms with Crippen molar-refractivity contribution in [2.24, 2.45) is 0 Å². The first-order valence-electron chi connectivity index (χ1n) is 5.41. The van der Waals surface area contributed by atoms with Crippen LogP contribution in [0, 0.1) is 5.82 Å². The molecule has 1 aromatic rings. The van der Waals surface area contributed by atoms with Gasteiger partial charge in [0.05, 0.1) is 12.0 Å². The zero-order valence-corrected chi connectivity index (χ0v) is 11.2. The molecule has 96 valence electrons. The van der Waals surface area contributed by atoms with E-state index < -0.39 is 0 Å². The largest absolute Gasteiger partial charge is 0.383 e. The highest BCUT2D eigenvalue weighted by molar-refractivity contribution is 6.31. The van der Waals surface area contributed by atoms with Crippen molar-refractivity contribution < 1.29 is 9.13 Å². The van der Waals surface area contributed by atoms with Gasteiger partial charge in [-0.15, -0.1) is 11.6 Å². The fraction of sp³-hybridized carbons (Fsp3) is 0.500. The Hall–Kier alpha value is -0.350. The number of halogens is 3. The molecule has 1 rings (SSSR count). The van der Waals surface area contributed by atoms with Crippen LogP contribution in [0.2, 0.25) is 5.02 Å². The highest BCUT2D eigenvalue weighted by atomic mass is 35.5. The van der Waals surface area contributed by atoms with Gasteiger partial charge in [-0.3, -0.25) is 0 Å². The lowest BCUT2D eigenvalue weighted by atomic mass is 10.2. The van der Waals surface area contributed by atoms with E-state index in [9.17, 15) is 4.39 Å². The molecule has 1 unspecified atom stereocenters. The Morgan fingerprint density at radius 3 is 2.88 bits per heavy atom. The molecule has 0 aliphatic rings. The minimum atomic E-state index is -0.320. The number of ether oxygens (including phenoxy) is 1. The molecule has 1 aromatic carbocycles. The molecule has 5 heteroatoms. The molecular weight excluding hydrogens is 264 g/mol. The summed E-state index contributed by atoms with van der Waals surface area (Å²) in [6.45, 7) is 1.92. The Balaban J connectivity index is 2.26. The van der Waals surface area contributed by atoms with Crippen molar-refractivity contribution in [2.45, 2.75) is 18.3 Å². The third kappa shape index (κ3) is 5.68. The van der Waals surface area contributed by atoms with Gasteiger partial charge in [0, 0.05) is 18.7 Å². The Kier molecular flexibility index (Phi) is 6.82. The van der Waals surface area contributed by atoms with E-state index in [2.05, 4.69) is 5.32 Å². The van der Waals surface area contributed by atoms with Gasteiger partial charge in [-0.2, -0.15) is 0 Å². The Morgan fingerprint density at radius 2 is 2.24 bits per heavy atom. The van der Waals surface area contributed by atoms with E-state index >= 15 is 0 Å². The molecular formula is C12H16Cl2FNO. The van der Waals surface area contributed by atoms with Crippen molar-refractivity contribution >= 4 is 23.2 Å². The summed E-state index contributed by atoms with van der Waals surface area (Å²) in [7, 11) is 1.63. The molecule has 0 saturated carbocycles. The first-order valence-corrected chi connectivity index (χ1v) is 6.22. The predicted octanol–water partition coefficient (Wildman–Crippen LogP) is 3.21.